The normalized spacial score (nSPS) is 10.6. The van der Waals surface area contributed by atoms with Crippen LogP contribution in [-0.4, -0.2) is 30.1 Å². The van der Waals surface area contributed by atoms with Crippen molar-refractivity contribution in [1.29, 1.82) is 0 Å². The van der Waals surface area contributed by atoms with Crippen molar-refractivity contribution < 1.29 is 14.3 Å². The summed E-state index contributed by atoms with van der Waals surface area (Å²) in [5.41, 5.74) is 2.20. The van der Waals surface area contributed by atoms with Gasteiger partial charge in [0.25, 0.3) is 5.91 Å². The van der Waals surface area contributed by atoms with E-state index in [2.05, 4.69) is 15.3 Å². The zero-order valence-electron chi connectivity index (χ0n) is 13.1. The maximum atomic E-state index is 12.4. The van der Waals surface area contributed by atoms with Gasteiger partial charge in [-0.2, -0.15) is 0 Å². The molecular formula is C17H17N3O3. The number of benzene rings is 1. The van der Waals surface area contributed by atoms with Crippen molar-refractivity contribution in [2.24, 2.45) is 0 Å². The van der Waals surface area contributed by atoms with Crippen LogP contribution in [0.5, 0.6) is 11.5 Å². The molecule has 3 rings (SSSR count). The summed E-state index contributed by atoms with van der Waals surface area (Å²) in [4.78, 5) is 19.6. The predicted molar refractivity (Wildman–Crippen MR) is 88.3 cm³/mol. The molecular weight excluding hydrogens is 294 g/mol. The van der Waals surface area contributed by atoms with Gasteiger partial charge >= 0.3 is 0 Å². The van der Waals surface area contributed by atoms with Gasteiger partial charge in [0.05, 0.1) is 19.7 Å². The van der Waals surface area contributed by atoms with Crippen LogP contribution in [0.4, 0.5) is 5.82 Å². The van der Waals surface area contributed by atoms with Gasteiger partial charge in [0.1, 0.15) is 23.0 Å². The molecule has 2 aromatic heterocycles. The third-order valence-electron chi connectivity index (χ3n) is 3.52. The van der Waals surface area contributed by atoms with Crippen LogP contribution in [0, 0.1) is 6.92 Å². The topological polar surface area (TPSA) is 76.2 Å². The number of carbonyl (C=O) groups excluding carboxylic acids is 1. The maximum Gasteiger partial charge on any atom is 0.273 e. The molecule has 2 heterocycles. The second-order valence-corrected chi connectivity index (χ2v) is 5.15. The van der Waals surface area contributed by atoms with Crippen LogP contribution in [-0.2, 0) is 0 Å². The molecule has 0 saturated carbocycles. The Bertz CT molecular complexity index is 871. The van der Waals surface area contributed by atoms with Gasteiger partial charge < -0.3 is 19.8 Å². The fraction of sp³-hybridized carbons (Fsp3) is 0.176. The SMILES string of the molecule is COc1cc(OC)c2[nH]c(C(=O)Nc3cc(C)ccn3)cc2c1. The predicted octanol–water partition coefficient (Wildman–Crippen LogP) is 3.14. The monoisotopic (exact) mass is 311 g/mol. The number of aryl methyl sites for hydroxylation is 1. The first-order valence-corrected chi connectivity index (χ1v) is 7.09. The van der Waals surface area contributed by atoms with E-state index in [1.807, 2.05) is 25.1 Å². The molecule has 2 N–H and O–H groups in total. The summed E-state index contributed by atoms with van der Waals surface area (Å²) in [7, 11) is 3.16. The molecule has 6 nitrogen and oxygen atoms in total. The number of rotatable bonds is 4. The highest BCUT2D eigenvalue weighted by molar-refractivity contribution is 6.06. The van der Waals surface area contributed by atoms with E-state index in [9.17, 15) is 4.79 Å². The van der Waals surface area contributed by atoms with Crippen LogP contribution in [0.2, 0.25) is 0 Å². The Hall–Kier alpha value is -3.02. The molecule has 1 amide bonds. The van der Waals surface area contributed by atoms with Gasteiger partial charge in [0.2, 0.25) is 0 Å². The van der Waals surface area contributed by atoms with Gasteiger partial charge in [-0.15, -0.1) is 0 Å². The van der Waals surface area contributed by atoms with E-state index in [0.717, 1.165) is 16.5 Å². The standard InChI is InChI=1S/C17H17N3O3/c1-10-4-5-18-15(6-10)20-17(21)13-8-11-7-12(22-2)9-14(23-3)16(11)19-13/h4-9,19H,1-3H3,(H,18,20,21). The molecule has 3 aromatic rings. The van der Waals surface area contributed by atoms with Crippen molar-refractivity contribution in [2.45, 2.75) is 6.92 Å². The van der Waals surface area contributed by atoms with Crippen LogP contribution < -0.4 is 14.8 Å². The fourth-order valence-electron chi connectivity index (χ4n) is 2.37. The molecule has 6 heteroatoms. The summed E-state index contributed by atoms with van der Waals surface area (Å²) in [6, 6.07) is 9.05. The first-order valence-electron chi connectivity index (χ1n) is 7.09. The molecule has 0 radical (unpaired) electrons. The fourth-order valence-corrected chi connectivity index (χ4v) is 2.37. The molecule has 1 aromatic carbocycles. The second kappa shape index (κ2) is 6.00. The molecule has 0 aliphatic carbocycles. The average Bonchev–Trinajstić information content (AvgIpc) is 2.98. The molecule has 0 bridgehead atoms. The van der Waals surface area contributed by atoms with Crippen LogP contribution in [0.25, 0.3) is 10.9 Å². The largest absolute Gasteiger partial charge is 0.497 e. The first kappa shape index (κ1) is 14.9. The van der Waals surface area contributed by atoms with Crippen molar-refractivity contribution in [3.63, 3.8) is 0 Å². The molecule has 118 valence electrons. The van der Waals surface area contributed by atoms with E-state index in [4.69, 9.17) is 9.47 Å². The van der Waals surface area contributed by atoms with Gasteiger partial charge in [-0.25, -0.2) is 4.98 Å². The Morgan fingerprint density at radius 1 is 1.17 bits per heavy atom. The second-order valence-electron chi connectivity index (χ2n) is 5.15. The minimum absolute atomic E-state index is 0.264. The lowest BCUT2D eigenvalue weighted by Crippen LogP contribution is -2.13. The number of nitrogens with one attached hydrogen (secondary N) is 2. The lowest BCUT2D eigenvalue weighted by molar-refractivity contribution is 0.102. The number of pyridine rings is 1. The molecule has 0 atom stereocenters. The number of aromatic nitrogens is 2. The van der Waals surface area contributed by atoms with Crippen molar-refractivity contribution >= 4 is 22.6 Å². The van der Waals surface area contributed by atoms with E-state index >= 15 is 0 Å². The Kier molecular flexibility index (Phi) is 3.89. The smallest absolute Gasteiger partial charge is 0.273 e. The van der Waals surface area contributed by atoms with Crippen LogP contribution in [0.15, 0.2) is 36.5 Å². The third kappa shape index (κ3) is 2.96. The van der Waals surface area contributed by atoms with Crippen LogP contribution >= 0.6 is 0 Å². The summed E-state index contributed by atoms with van der Waals surface area (Å²) in [5, 5.41) is 3.61. The highest BCUT2D eigenvalue weighted by atomic mass is 16.5. The number of H-pyrrole nitrogens is 1. The molecule has 23 heavy (non-hydrogen) atoms. The molecule has 0 aliphatic heterocycles. The molecule has 0 unspecified atom stereocenters. The number of hydrogen-bond donors (Lipinski definition) is 2. The van der Waals surface area contributed by atoms with Crippen molar-refractivity contribution in [2.75, 3.05) is 19.5 Å². The summed E-state index contributed by atoms with van der Waals surface area (Å²) < 4.78 is 10.6. The number of amides is 1. The number of aromatic amines is 1. The lowest BCUT2D eigenvalue weighted by atomic mass is 10.2. The van der Waals surface area contributed by atoms with E-state index in [1.54, 1.807) is 32.5 Å². The van der Waals surface area contributed by atoms with E-state index in [1.165, 1.54) is 0 Å². The van der Waals surface area contributed by atoms with Gasteiger partial charge in [-0.3, -0.25) is 4.79 Å². The van der Waals surface area contributed by atoms with Crippen molar-refractivity contribution in [3.8, 4) is 11.5 Å². The molecule has 0 saturated heterocycles. The molecule has 0 spiro atoms. The lowest BCUT2D eigenvalue weighted by Gasteiger charge is -2.05. The Morgan fingerprint density at radius 2 is 2.00 bits per heavy atom. The molecule has 0 fully saturated rings. The summed E-state index contributed by atoms with van der Waals surface area (Å²) >= 11 is 0. The number of fused-ring (bicyclic) bond motifs is 1. The van der Waals surface area contributed by atoms with Crippen molar-refractivity contribution in [3.05, 3.63) is 47.8 Å². The van der Waals surface area contributed by atoms with Gasteiger partial charge in [-0.1, -0.05) is 0 Å². The van der Waals surface area contributed by atoms with E-state index in [0.29, 0.717) is 23.0 Å². The molecule has 0 aliphatic rings. The van der Waals surface area contributed by atoms with Crippen LogP contribution in [0.3, 0.4) is 0 Å². The van der Waals surface area contributed by atoms with Gasteiger partial charge in [0, 0.05) is 17.6 Å². The maximum absolute atomic E-state index is 12.4. The van der Waals surface area contributed by atoms with Crippen LogP contribution in [0.1, 0.15) is 16.1 Å². The number of nitrogens with zero attached hydrogens (tertiary/aromatic N) is 1. The number of anilines is 1. The Labute approximate surface area is 133 Å². The highest BCUT2D eigenvalue weighted by Gasteiger charge is 2.14. The first-order chi connectivity index (χ1) is 11.1. The highest BCUT2D eigenvalue weighted by Crippen LogP contribution is 2.31. The average molecular weight is 311 g/mol. The Morgan fingerprint density at radius 3 is 2.70 bits per heavy atom. The number of ether oxygens (including phenoxy) is 2. The zero-order chi connectivity index (χ0) is 16.4. The van der Waals surface area contributed by atoms with E-state index < -0.39 is 0 Å². The van der Waals surface area contributed by atoms with Crippen molar-refractivity contribution in [1.82, 2.24) is 9.97 Å². The number of carbonyl (C=O) groups is 1. The summed E-state index contributed by atoms with van der Waals surface area (Å²) in [6.07, 6.45) is 1.66. The Balaban J connectivity index is 1.95. The summed E-state index contributed by atoms with van der Waals surface area (Å²) in [6.45, 7) is 1.94. The quantitative estimate of drug-likeness (QED) is 0.776. The van der Waals surface area contributed by atoms with E-state index in [-0.39, 0.29) is 5.91 Å². The number of methoxy groups -OCH3 is 2. The third-order valence-corrected chi connectivity index (χ3v) is 3.52. The summed E-state index contributed by atoms with van der Waals surface area (Å²) in [5.74, 6) is 1.53. The zero-order valence-corrected chi connectivity index (χ0v) is 13.1. The minimum atomic E-state index is -0.264. The minimum Gasteiger partial charge on any atom is -0.497 e. The van der Waals surface area contributed by atoms with Gasteiger partial charge in [-0.05, 0) is 36.8 Å². The van der Waals surface area contributed by atoms with Gasteiger partial charge in [0.15, 0.2) is 0 Å². The number of hydrogen-bond acceptors (Lipinski definition) is 4.